The number of ether oxygens (including phenoxy) is 1. The van der Waals surface area contributed by atoms with Crippen LogP contribution in [-0.4, -0.2) is 61.4 Å². The number of methoxy groups -OCH3 is 1. The predicted molar refractivity (Wildman–Crippen MR) is 112 cm³/mol. The lowest BCUT2D eigenvalue weighted by molar-refractivity contribution is -0.128. The molecule has 0 bridgehead atoms. The van der Waals surface area contributed by atoms with Gasteiger partial charge in [-0.2, -0.15) is 0 Å². The fraction of sp³-hybridized carbons (Fsp3) is 0.652. The first-order valence-corrected chi connectivity index (χ1v) is 11.0. The molecule has 0 aromatic heterocycles. The van der Waals surface area contributed by atoms with Crippen LogP contribution in [0.5, 0.6) is 5.75 Å². The molecule has 3 saturated heterocycles. The van der Waals surface area contributed by atoms with Crippen molar-refractivity contribution in [3.63, 3.8) is 0 Å². The van der Waals surface area contributed by atoms with E-state index in [1.807, 2.05) is 24.3 Å². The summed E-state index contributed by atoms with van der Waals surface area (Å²) in [7, 11) is 3.43. The Morgan fingerprint density at radius 2 is 1.90 bits per heavy atom. The van der Waals surface area contributed by atoms with Gasteiger partial charge in [-0.15, -0.1) is 0 Å². The quantitative estimate of drug-likeness (QED) is 0.827. The fourth-order valence-electron chi connectivity index (χ4n) is 5.54. The Labute approximate surface area is 173 Å². The molecule has 3 heterocycles. The van der Waals surface area contributed by atoms with Crippen LogP contribution in [0.25, 0.3) is 0 Å². The number of hydrogen-bond acceptors (Lipinski definition) is 4. The van der Waals surface area contributed by atoms with Gasteiger partial charge >= 0.3 is 0 Å². The third-order valence-corrected chi connectivity index (χ3v) is 7.15. The summed E-state index contributed by atoms with van der Waals surface area (Å²) in [4.78, 5) is 29.9. The van der Waals surface area contributed by atoms with E-state index in [-0.39, 0.29) is 30.2 Å². The number of piperidine rings is 2. The largest absolute Gasteiger partial charge is 0.497 e. The minimum Gasteiger partial charge on any atom is -0.497 e. The summed E-state index contributed by atoms with van der Waals surface area (Å²) in [5, 5.41) is 3.22. The lowest BCUT2D eigenvalue weighted by Crippen LogP contribution is -2.51. The minimum absolute atomic E-state index is 0.0106. The van der Waals surface area contributed by atoms with E-state index in [4.69, 9.17) is 4.74 Å². The van der Waals surface area contributed by atoms with Crippen molar-refractivity contribution in [2.24, 2.45) is 11.8 Å². The zero-order chi connectivity index (χ0) is 20.4. The number of hydrogen-bond donors (Lipinski definition) is 1. The molecule has 0 radical (unpaired) electrons. The molecule has 0 aliphatic carbocycles. The van der Waals surface area contributed by atoms with Crippen molar-refractivity contribution in [2.45, 2.75) is 50.6 Å². The molecule has 3 aliphatic heterocycles. The number of carbonyl (C=O) groups is 2. The smallest absolute Gasteiger partial charge is 0.226 e. The Morgan fingerprint density at radius 3 is 2.66 bits per heavy atom. The Kier molecular flexibility index (Phi) is 6.09. The maximum atomic E-state index is 13.1. The van der Waals surface area contributed by atoms with Crippen molar-refractivity contribution in [1.29, 1.82) is 0 Å². The van der Waals surface area contributed by atoms with E-state index in [0.717, 1.165) is 17.9 Å². The lowest BCUT2D eigenvalue weighted by Gasteiger charge is -2.44. The monoisotopic (exact) mass is 399 g/mol. The second-order valence-corrected chi connectivity index (χ2v) is 8.78. The first-order chi connectivity index (χ1) is 14.1. The minimum atomic E-state index is -0.341. The van der Waals surface area contributed by atoms with E-state index < -0.39 is 0 Å². The van der Waals surface area contributed by atoms with Gasteiger partial charge in [0.1, 0.15) is 5.75 Å². The molecule has 4 unspecified atom stereocenters. The van der Waals surface area contributed by atoms with Gasteiger partial charge in [0.05, 0.1) is 19.1 Å². The highest BCUT2D eigenvalue weighted by Crippen LogP contribution is 2.38. The second kappa shape index (κ2) is 8.74. The number of nitrogens with one attached hydrogen (secondary N) is 1. The van der Waals surface area contributed by atoms with E-state index in [0.29, 0.717) is 12.0 Å². The average molecular weight is 400 g/mol. The molecule has 29 heavy (non-hydrogen) atoms. The molecule has 2 amide bonds. The van der Waals surface area contributed by atoms with Crippen LogP contribution < -0.4 is 10.1 Å². The van der Waals surface area contributed by atoms with Crippen molar-refractivity contribution >= 4 is 11.8 Å². The molecule has 1 N–H and O–H groups in total. The highest BCUT2D eigenvalue weighted by atomic mass is 16.5. The number of fused-ring (bicyclic) bond motifs is 1. The lowest BCUT2D eigenvalue weighted by atomic mass is 9.83. The first kappa shape index (κ1) is 20.2. The van der Waals surface area contributed by atoms with Gasteiger partial charge in [-0.3, -0.25) is 9.59 Å². The molecule has 1 aromatic carbocycles. The van der Waals surface area contributed by atoms with Gasteiger partial charge in [0, 0.05) is 26.1 Å². The molecule has 4 rings (SSSR count). The molecule has 1 aromatic rings. The summed E-state index contributed by atoms with van der Waals surface area (Å²) >= 11 is 0. The Morgan fingerprint density at radius 1 is 1.14 bits per heavy atom. The van der Waals surface area contributed by atoms with Crippen LogP contribution in [0.2, 0.25) is 0 Å². The van der Waals surface area contributed by atoms with Crippen LogP contribution in [0.4, 0.5) is 0 Å². The molecule has 3 aliphatic rings. The number of rotatable bonds is 5. The van der Waals surface area contributed by atoms with Crippen LogP contribution in [0.15, 0.2) is 24.3 Å². The van der Waals surface area contributed by atoms with Crippen molar-refractivity contribution < 1.29 is 14.3 Å². The van der Waals surface area contributed by atoms with Gasteiger partial charge in [-0.1, -0.05) is 18.6 Å². The summed E-state index contributed by atoms with van der Waals surface area (Å²) in [6.07, 6.45) is 6.53. The van der Waals surface area contributed by atoms with Crippen LogP contribution in [0.3, 0.4) is 0 Å². The third kappa shape index (κ3) is 4.13. The number of benzene rings is 1. The number of carbonyl (C=O) groups excluding carboxylic acids is 2. The number of likely N-dealkylation sites (tertiary alicyclic amines) is 1. The number of nitrogens with zero attached hydrogens (tertiary/aromatic N) is 2. The SMILES string of the molecule is COc1ccc(C2C(C(=O)NCC3CCCN4CCCCC34)CC(=O)N2C)cc1. The molecule has 6 heteroatoms. The van der Waals surface area contributed by atoms with Gasteiger partial charge in [0.2, 0.25) is 11.8 Å². The van der Waals surface area contributed by atoms with E-state index in [9.17, 15) is 9.59 Å². The summed E-state index contributed by atoms with van der Waals surface area (Å²) in [5.41, 5.74) is 0.982. The first-order valence-electron chi connectivity index (χ1n) is 11.0. The maximum absolute atomic E-state index is 13.1. The summed E-state index contributed by atoms with van der Waals surface area (Å²) in [6, 6.07) is 8.09. The van der Waals surface area contributed by atoms with E-state index >= 15 is 0 Å². The van der Waals surface area contributed by atoms with Gasteiger partial charge in [-0.05, 0) is 62.4 Å². The van der Waals surface area contributed by atoms with Gasteiger partial charge in [-0.25, -0.2) is 0 Å². The Balaban J connectivity index is 1.42. The van der Waals surface area contributed by atoms with E-state index in [1.165, 1.54) is 45.2 Å². The average Bonchev–Trinajstić information content (AvgIpc) is 3.06. The molecule has 3 fully saturated rings. The highest BCUT2D eigenvalue weighted by molar-refractivity contribution is 5.90. The van der Waals surface area contributed by atoms with Crippen LogP contribution in [0, 0.1) is 11.8 Å². The molecule has 4 atom stereocenters. The Bertz CT molecular complexity index is 733. The zero-order valence-corrected chi connectivity index (χ0v) is 17.6. The summed E-state index contributed by atoms with van der Waals surface area (Å²) < 4.78 is 5.24. The molecular formula is C23H33N3O3. The van der Waals surface area contributed by atoms with E-state index in [1.54, 1.807) is 19.1 Å². The summed E-state index contributed by atoms with van der Waals surface area (Å²) in [5.74, 6) is 1.00. The Hall–Kier alpha value is -2.08. The third-order valence-electron chi connectivity index (χ3n) is 7.15. The highest BCUT2D eigenvalue weighted by Gasteiger charge is 2.43. The second-order valence-electron chi connectivity index (χ2n) is 8.78. The molecular weight excluding hydrogens is 366 g/mol. The van der Waals surface area contributed by atoms with Gasteiger partial charge in [0.25, 0.3) is 0 Å². The standard InChI is InChI=1S/C23H33N3O3/c1-25-21(27)14-19(22(25)16-8-10-18(29-2)11-9-16)23(28)24-15-17-6-5-13-26-12-4-3-7-20(17)26/h8-11,17,19-20,22H,3-7,12-15H2,1-2H3,(H,24,28). The maximum Gasteiger partial charge on any atom is 0.226 e. The topological polar surface area (TPSA) is 61.9 Å². The van der Waals surface area contributed by atoms with Crippen LogP contribution in [0.1, 0.15) is 50.1 Å². The fourth-order valence-corrected chi connectivity index (χ4v) is 5.54. The zero-order valence-electron chi connectivity index (χ0n) is 17.6. The van der Waals surface area contributed by atoms with E-state index in [2.05, 4.69) is 10.2 Å². The van der Waals surface area contributed by atoms with Crippen molar-refractivity contribution in [2.75, 3.05) is 33.8 Å². The normalized spacial score (nSPS) is 30.1. The number of amides is 2. The van der Waals surface area contributed by atoms with Crippen LogP contribution in [-0.2, 0) is 9.59 Å². The predicted octanol–water partition coefficient (Wildman–Crippen LogP) is 2.60. The van der Waals surface area contributed by atoms with Gasteiger partial charge < -0.3 is 19.9 Å². The molecule has 0 spiro atoms. The molecule has 0 saturated carbocycles. The van der Waals surface area contributed by atoms with Crippen molar-refractivity contribution in [3.8, 4) is 5.75 Å². The molecule has 158 valence electrons. The van der Waals surface area contributed by atoms with Gasteiger partial charge in [0.15, 0.2) is 0 Å². The summed E-state index contributed by atoms with van der Waals surface area (Å²) in [6.45, 7) is 3.14. The van der Waals surface area contributed by atoms with Crippen molar-refractivity contribution in [3.05, 3.63) is 29.8 Å². The van der Waals surface area contributed by atoms with Crippen LogP contribution >= 0.6 is 0 Å². The van der Waals surface area contributed by atoms with Crippen molar-refractivity contribution in [1.82, 2.24) is 15.1 Å². The molecule has 6 nitrogen and oxygen atoms in total.